The first-order chi connectivity index (χ1) is 34.7. The van der Waals surface area contributed by atoms with Crippen molar-refractivity contribution in [1.82, 2.24) is 14.1 Å². The van der Waals surface area contributed by atoms with Gasteiger partial charge in [0.25, 0.3) is 6.33 Å². The summed E-state index contributed by atoms with van der Waals surface area (Å²) in [5, 5.41) is 2.04. The molecule has 0 unspecified atom stereocenters. The number of imidazole rings is 1. The van der Waals surface area contributed by atoms with Crippen LogP contribution in [0.3, 0.4) is 0 Å². The van der Waals surface area contributed by atoms with E-state index in [0.29, 0.717) is 33.9 Å². The van der Waals surface area contributed by atoms with Crippen LogP contribution in [0.1, 0.15) is 33.0 Å². The molecule has 1 fully saturated rings. The van der Waals surface area contributed by atoms with Gasteiger partial charge in [0.15, 0.2) is 0 Å². The molecule has 0 atom stereocenters. The van der Waals surface area contributed by atoms with Crippen LogP contribution >= 0.6 is 0 Å². The van der Waals surface area contributed by atoms with E-state index >= 15 is 0 Å². The molecular weight excluding hydrogens is 956 g/mol. The van der Waals surface area contributed by atoms with Crippen LogP contribution in [0.15, 0.2) is 170 Å². The van der Waals surface area contributed by atoms with Crippen LogP contribution in [0.2, 0.25) is 0 Å². The minimum Gasteiger partial charge on any atom is -0.510 e. The first kappa shape index (κ1) is 30.2. The Kier molecular flexibility index (Phi) is 8.17. The van der Waals surface area contributed by atoms with E-state index in [0.717, 1.165) is 59.2 Å². The molecule has 10 aromatic rings. The van der Waals surface area contributed by atoms with Crippen LogP contribution in [0.5, 0.6) is 11.5 Å². The molecule has 0 radical (unpaired) electrons. The zero-order valence-electron chi connectivity index (χ0n) is 44.3. The quantitative estimate of drug-likeness (QED) is 0.107. The molecule has 1 aliphatic heterocycles. The number of hydrogen-bond donors (Lipinski definition) is 0. The Hall–Kier alpha value is -6.95. The Morgan fingerprint density at radius 3 is 2.11 bits per heavy atom. The molecule has 7 nitrogen and oxygen atoms in total. The van der Waals surface area contributed by atoms with Crippen molar-refractivity contribution in [2.75, 3.05) is 37.0 Å². The van der Waals surface area contributed by atoms with E-state index < -0.39 is 60.4 Å². The van der Waals surface area contributed by atoms with Crippen molar-refractivity contribution in [2.24, 2.45) is 0 Å². The molecule has 8 heteroatoms. The van der Waals surface area contributed by atoms with Crippen LogP contribution in [-0.4, -0.2) is 41.3 Å². The second-order valence-electron chi connectivity index (χ2n) is 15.4. The van der Waals surface area contributed by atoms with Crippen molar-refractivity contribution in [3.8, 4) is 50.9 Å². The maximum atomic E-state index is 9.10. The van der Waals surface area contributed by atoms with Gasteiger partial charge in [0.05, 0.1) is 24.9 Å². The Morgan fingerprint density at radius 2 is 1.37 bits per heavy atom. The molecule has 4 heterocycles. The number of ether oxygens (including phenoxy) is 1. The fraction of sp³-hybridized carbons (Fsp3) is 0.127. The number of benzene rings is 7. The molecule has 7 aromatic carbocycles. The summed E-state index contributed by atoms with van der Waals surface area (Å²) >= 11 is 0. The van der Waals surface area contributed by atoms with Gasteiger partial charge in [-0.05, 0) is 70.8 Å². The first-order valence-corrected chi connectivity index (χ1v) is 20.5. The summed E-state index contributed by atoms with van der Waals surface area (Å²) in [6, 6.07) is 33.9. The monoisotopic (exact) mass is 1010 g/mol. The van der Waals surface area contributed by atoms with E-state index in [2.05, 4.69) is 52.2 Å². The molecule has 0 bridgehead atoms. The van der Waals surface area contributed by atoms with Gasteiger partial charge in [-0.3, -0.25) is 4.57 Å². The van der Waals surface area contributed by atoms with Gasteiger partial charge in [0.1, 0.15) is 11.3 Å². The Bertz CT molecular complexity index is 3710. The summed E-state index contributed by atoms with van der Waals surface area (Å²) in [6.45, 7) is 2.01. The van der Waals surface area contributed by atoms with Gasteiger partial charge in [0.2, 0.25) is 0 Å². The first-order valence-electron chi connectivity index (χ1n) is 25.5. The molecule has 63 heavy (non-hydrogen) atoms. The number of hydrogen-bond acceptors (Lipinski definition) is 4. The molecule has 0 amide bonds. The van der Waals surface area contributed by atoms with Crippen LogP contribution in [0, 0.1) is 18.5 Å². The molecule has 11 rings (SSSR count). The number of fused-ring (bicyclic) bond motifs is 4. The molecule has 3 aromatic heterocycles. The van der Waals surface area contributed by atoms with Crippen LogP contribution in [0.4, 0.5) is 11.4 Å². The smallest absolute Gasteiger partial charge is 0.268 e. The summed E-state index contributed by atoms with van der Waals surface area (Å²) in [5.74, 6) is 1.57. The Labute approximate surface area is 396 Å². The van der Waals surface area contributed by atoms with E-state index in [1.165, 1.54) is 6.42 Å². The number of anilines is 2. The van der Waals surface area contributed by atoms with E-state index in [1.807, 2.05) is 79.8 Å². The second kappa shape index (κ2) is 17.1. The van der Waals surface area contributed by atoms with Gasteiger partial charge < -0.3 is 23.7 Å². The molecule has 0 N–H and O–H groups in total. The summed E-state index contributed by atoms with van der Waals surface area (Å²) in [4.78, 5) is 9.16. The van der Waals surface area contributed by atoms with E-state index in [9.17, 15) is 0 Å². The summed E-state index contributed by atoms with van der Waals surface area (Å²) in [7, 11) is 3.73. The predicted octanol–water partition coefficient (Wildman–Crippen LogP) is 12.0. The van der Waals surface area contributed by atoms with Gasteiger partial charge in [-0.2, -0.15) is 18.2 Å². The number of aromatic nitrogens is 4. The minimum atomic E-state index is -0.574. The van der Waals surface area contributed by atoms with Crippen molar-refractivity contribution in [2.45, 2.75) is 19.3 Å². The molecule has 1 aliphatic rings. The third kappa shape index (κ3) is 7.36. The third-order valence-corrected chi connectivity index (χ3v) is 11.4. The van der Waals surface area contributed by atoms with Crippen LogP contribution < -0.4 is 19.1 Å². The molecule has 0 aliphatic carbocycles. The van der Waals surface area contributed by atoms with Crippen molar-refractivity contribution < 1.29 is 44.1 Å². The van der Waals surface area contributed by atoms with Crippen LogP contribution in [-0.2, 0) is 21.1 Å². The average molecular weight is 1010 g/mol. The summed E-state index contributed by atoms with van der Waals surface area (Å²) < 4.78 is 99.9. The standard InChI is InChI=1S/C55H44N6O.Pt/c1-57(2)50-27-16-28-51-55(50)60(54-45(39-17-6-3-7-18-39)24-15-25-46(54)40-19-8-4-9-20-40)38-59(51)42-21-14-22-43(35-42)62-44-29-30-48-47-23-10-11-26-49(47)61(52(48)37-44)53-36-41(31-32-56-53)58-33-12-5-13-34-58;/h3-4,6-11,14-32,36H,5,12-13,33-34H2,1-2H3;/q-2;/i3D,4D,6D,7D,8D,9D,17D,18D,19D,20D;. The van der Waals surface area contributed by atoms with Crippen molar-refractivity contribution in [3.63, 3.8) is 0 Å². The van der Waals surface area contributed by atoms with E-state index in [-0.39, 0.29) is 49.0 Å². The molecule has 1 saturated heterocycles. The van der Waals surface area contributed by atoms with Gasteiger partial charge in [-0.15, -0.1) is 29.7 Å². The molecular formula is C55H44N6OPt-2. The third-order valence-electron chi connectivity index (χ3n) is 11.4. The number of piperidine rings is 1. The number of para-hydroxylation sites is 3. The van der Waals surface area contributed by atoms with Crippen LogP contribution in [0.25, 0.3) is 72.3 Å². The van der Waals surface area contributed by atoms with Crippen molar-refractivity contribution in [1.29, 1.82) is 0 Å². The number of pyridine rings is 1. The predicted molar refractivity (Wildman–Crippen MR) is 251 cm³/mol. The Balaban J connectivity index is 0.00000611. The van der Waals surface area contributed by atoms with Gasteiger partial charge in [0, 0.05) is 88.9 Å². The van der Waals surface area contributed by atoms with Gasteiger partial charge in [-0.1, -0.05) is 114 Å². The SMILES string of the molecule is [2H]c1c([2H])c([2H])c(-c2cccc(-c3c([2H])c([2H])c([2H])c([2H])c3[2H])c2-[n+]2[c-]n(-c3[c-]c(Oc4[c-]c5c(cc4)c4ccccc4n5-c4cc(N5CCCCC5)ccn4)ccc3)c3cccc(N(C)C)c32)c([2H])c1[2H].[Pt]. The minimum absolute atomic E-state index is 0. The molecule has 312 valence electrons. The molecule has 0 saturated carbocycles. The maximum absolute atomic E-state index is 9.10. The summed E-state index contributed by atoms with van der Waals surface area (Å²) in [6.07, 6.45) is 8.87. The largest absolute Gasteiger partial charge is 0.510 e. The average Bonchev–Trinajstić information content (AvgIpc) is 3.95. The van der Waals surface area contributed by atoms with Gasteiger partial charge >= 0.3 is 0 Å². The molecule has 0 spiro atoms. The van der Waals surface area contributed by atoms with E-state index in [1.54, 1.807) is 33.4 Å². The zero-order valence-corrected chi connectivity index (χ0v) is 36.6. The van der Waals surface area contributed by atoms with Gasteiger partial charge in [-0.25, -0.2) is 4.98 Å². The fourth-order valence-electron chi connectivity index (χ4n) is 8.59. The fourth-order valence-corrected chi connectivity index (χ4v) is 8.59. The van der Waals surface area contributed by atoms with Crippen molar-refractivity contribution in [3.05, 3.63) is 188 Å². The number of nitrogens with zero attached hydrogens (tertiary/aromatic N) is 6. The van der Waals surface area contributed by atoms with Crippen molar-refractivity contribution >= 4 is 44.2 Å². The maximum Gasteiger partial charge on any atom is 0.268 e. The number of rotatable bonds is 9. The summed E-state index contributed by atoms with van der Waals surface area (Å²) in [5.41, 5.74) is 5.39. The zero-order chi connectivity index (χ0) is 50.3. The second-order valence-corrected chi connectivity index (χ2v) is 15.4. The normalized spacial score (nSPS) is 15.0. The topological polar surface area (TPSA) is 42.3 Å². The Morgan fingerprint density at radius 1 is 0.683 bits per heavy atom. The van der Waals surface area contributed by atoms with E-state index in [4.69, 9.17) is 23.4 Å².